The quantitative estimate of drug-likeness (QED) is 0.654. The van der Waals surface area contributed by atoms with Crippen LogP contribution >= 0.6 is 0 Å². The van der Waals surface area contributed by atoms with Gasteiger partial charge in [-0.2, -0.15) is 5.10 Å². The maximum atomic E-state index is 12.4. The minimum absolute atomic E-state index is 0.0145. The first-order valence-electron chi connectivity index (χ1n) is 7.21. The highest BCUT2D eigenvalue weighted by Crippen LogP contribution is 2.38. The number of nitrogens with zero attached hydrogens (tertiary/aromatic N) is 1. The lowest BCUT2D eigenvalue weighted by Crippen LogP contribution is -2.08. The highest BCUT2D eigenvalue weighted by Gasteiger charge is 2.36. The maximum absolute atomic E-state index is 12.4. The van der Waals surface area contributed by atoms with Crippen LogP contribution in [0.1, 0.15) is 40.7 Å². The minimum atomic E-state index is -0.594. The van der Waals surface area contributed by atoms with E-state index >= 15 is 0 Å². The van der Waals surface area contributed by atoms with E-state index in [1.807, 2.05) is 0 Å². The third-order valence-electron chi connectivity index (χ3n) is 3.60. The Morgan fingerprint density at radius 1 is 1.36 bits per heavy atom. The molecule has 6 heteroatoms. The minimum Gasteiger partial charge on any atom is -0.507 e. The SMILES string of the molecule is CCOC(=O)c1[nH]nc(C(=O)C2CC2)c1-c1ccccc1O. The number of H-pyrrole nitrogens is 1. The van der Waals surface area contributed by atoms with Gasteiger partial charge in [0.25, 0.3) is 0 Å². The van der Waals surface area contributed by atoms with Crippen molar-refractivity contribution < 1.29 is 19.4 Å². The van der Waals surface area contributed by atoms with E-state index in [0.717, 1.165) is 12.8 Å². The predicted molar refractivity (Wildman–Crippen MR) is 78.7 cm³/mol. The molecule has 2 N–H and O–H groups in total. The Labute approximate surface area is 127 Å². The Morgan fingerprint density at radius 2 is 2.09 bits per heavy atom. The summed E-state index contributed by atoms with van der Waals surface area (Å²) in [5.41, 5.74) is 0.983. The second kappa shape index (κ2) is 5.63. The van der Waals surface area contributed by atoms with E-state index in [4.69, 9.17) is 4.74 Å². The average molecular weight is 300 g/mol. The van der Waals surface area contributed by atoms with E-state index in [0.29, 0.717) is 11.1 Å². The van der Waals surface area contributed by atoms with Gasteiger partial charge in [0.05, 0.1) is 6.61 Å². The molecule has 1 fully saturated rings. The largest absolute Gasteiger partial charge is 0.507 e. The lowest BCUT2D eigenvalue weighted by Gasteiger charge is -2.07. The van der Waals surface area contributed by atoms with Crippen LogP contribution in [-0.4, -0.2) is 33.7 Å². The monoisotopic (exact) mass is 300 g/mol. The first-order chi connectivity index (χ1) is 10.6. The van der Waals surface area contributed by atoms with Crippen molar-refractivity contribution in [2.45, 2.75) is 19.8 Å². The molecule has 3 rings (SSSR count). The molecule has 0 amide bonds. The summed E-state index contributed by atoms with van der Waals surface area (Å²) in [4.78, 5) is 24.5. The van der Waals surface area contributed by atoms with E-state index in [-0.39, 0.29) is 35.4 Å². The molecule has 1 aromatic carbocycles. The number of ketones is 1. The molecule has 1 aliphatic rings. The van der Waals surface area contributed by atoms with Crippen molar-refractivity contribution >= 4 is 11.8 Å². The van der Waals surface area contributed by atoms with Crippen molar-refractivity contribution in [3.63, 3.8) is 0 Å². The van der Waals surface area contributed by atoms with Gasteiger partial charge in [-0.1, -0.05) is 18.2 Å². The van der Waals surface area contributed by atoms with Crippen molar-refractivity contribution in [3.05, 3.63) is 35.7 Å². The number of phenolic OH excluding ortho intramolecular Hbond substituents is 1. The van der Waals surface area contributed by atoms with Gasteiger partial charge >= 0.3 is 5.97 Å². The molecule has 1 heterocycles. The second-order valence-electron chi connectivity index (χ2n) is 5.20. The summed E-state index contributed by atoms with van der Waals surface area (Å²) in [5.74, 6) is -0.754. The van der Waals surface area contributed by atoms with Crippen molar-refractivity contribution in [3.8, 4) is 16.9 Å². The number of aromatic hydroxyl groups is 1. The Kier molecular flexibility index (Phi) is 3.66. The van der Waals surface area contributed by atoms with Crippen molar-refractivity contribution in [1.82, 2.24) is 10.2 Å². The summed E-state index contributed by atoms with van der Waals surface area (Å²) in [5, 5.41) is 16.7. The fourth-order valence-corrected chi connectivity index (χ4v) is 2.36. The number of esters is 1. The lowest BCUT2D eigenvalue weighted by atomic mass is 9.98. The molecular formula is C16H16N2O4. The molecule has 1 saturated carbocycles. The number of nitrogens with one attached hydrogen (secondary N) is 1. The van der Waals surface area contributed by atoms with Gasteiger partial charge < -0.3 is 9.84 Å². The van der Waals surface area contributed by atoms with Gasteiger partial charge in [0.15, 0.2) is 11.5 Å². The first-order valence-corrected chi connectivity index (χ1v) is 7.21. The lowest BCUT2D eigenvalue weighted by molar-refractivity contribution is 0.0520. The van der Waals surface area contributed by atoms with Crippen LogP contribution in [0, 0.1) is 5.92 Å². The van der Waals surface area contributed by atoms with Gasteiger partial charge in [0.1, 0.15) is 11.4 Å². The first kappa shape index (κ1) is 14.3. The number of aromatic nitrogens is 2. The molecule has 114 valence electrons. The molecule has 2 aromatic rings. The summed E-state index contributed by atoms with van der Waals surface area (Å²) >= 11 is 0. The standard InChI is InChI=1S/C16H16N2O4/c1-2-22-16(21)14-12(10-5-3-4-6-11(10)19)13(17-18-14)15(20)9-7-8-9/h3-6,9,19H,2,7-8H2,1H3,(H,17,18). The number of para-hydroxylation sites is 1. The van der Waals surface area contributed by atoms with Crippen LogP contribution in [-0.2, 0) is 4.74 Å². The molecule has 0 spiro atoms. The van der Waals surface area contributed by atoms with E-state index in [9.17, 15) is 14.7 Å². The molecule has 1 aromatic heterocycles. The average Bonchev–Trinajstić information content (AvgIpc) is 3.26. The van der Waals surface area contributed by atoms with Gasteiger partial charge in [-0.15, -0.1) is 0 Å². The van der Waals surface area contributed by atoms with Gasteiger partial charge in [-0.05, 0) is 25.8 Å². The van der Waals surface area contributed by atoms with E-state index in [1.165, 1.54) is 6.07 Å². The Morgan fingerprint density at radius 3 is 2.73 bits per heavy atom. The van der Waals surface area contributed by atoms with Gasteiger partial charge in [0, 0.05) is 17.0 Å². The number of rotatable bonds is 5. The van der Waals surface area contributed by atoms with Gasteiger partial charge in [0.2, 0.25) is 0 Å². The van der Waals surface area contributed by atoms with Crippen LogP contribution in [0.5, 0.6) is 5.75 Å². The number of carbonyl (C=O) groups excluding carboxylic acids is 2. The molecule has 0 atom stereocenters. The summed E-state index contributed by atoms with van der Waals surface area (Å²) in [7, 11) is 0. The fraction of sp³-hybridized carbons (Fsp3) is 0.312. The van der Waals surface area contributed by atoms with Gasteiger partial charge in [-0.3, -0.25) is 9.89 Å². The van der Waals surface area contributed by atoms with Crippen LogP contribution in [0.15, 0.2) is 24.3 Å². The maximum Gasteiger partial charge on any atom is 0.357 e. The van der Waals surface area contributed by atoms with E-state index in [1.54, 1.807) is 25.1 Å². The number of hydrogen-bond acceptors (Lipinski definition) is 5. The van der Waals surface area contributed by atoms with Crippen LogP contribution in [0.4, 0.5) is 0 Å². The number of ether oxygens (including phenoxy) is 1. The number of carbonyl (C=O) groups is 2. The zero-order chi connectivity index (χ0) is 15.7. The number of benzene rings is 1. The molecular weight excluding hydrogens is 284 g/mol. The highest BCUT2D eigenvalue weighted by molar-refractivity contribution is 6.08. The Bertz CT molecular complexity index is 731. The van der Waals surface area contributed by atoms with E-state index in [2.05, 4.69) is 10.2 Å². The van der Waals surface area contributed by atoms with Crippen LogP contribution in [0.2, 0.25) is 0 Å². The summed E-state index contributed by atoms with van der Waals surface area (Å²) < 4.78 is 5.00. The smallest absolute Gasteiger partial charge is 0.357 e. The predicted octanol–water partition coefficient (Wildman–Crippen LogP) is 2.55. The van der Waals surface area contributed by atoms with Crippen molar-refractivity contribution in [2.75, 3.05) is 6.61 Å². The van der Waals surface area contributed by atoms with E-state index < -0.39 is 5.97 Å². The molecule has 22 heavy (non-hydrogen) atoms. The van der Waals surface area contributed by atoms with Crippen LogP contribution in [0.25, 0.3) is 11.1 Å². The third kappa shape index (κ3) is 2.47. The molecule has 0 saturated heterocycles. The molecule has 0 radical (unpaired) electrons. The third-order valence-corrected chi connectivity index (χ3v) is 3.60. The topological polar surface area (TPSA) is 92.3 Å². The number of hydrogen-bond donors (Lipinski definition) is 2. The zero-order valence-electron chi connectivity index (χ0n) is 12.1. The molecule has 0 aliphatic heterocycles. The number of phenols is 1. The highest BCUT2D eigenvalue weighted by atomic mass is 16.5. The summed E-state index contributed by atoms with van der Waals surface area (Å²) in [6.45, 7) is 1.91. The Balaban J connectivity index is 2.14. The van der Waals surface area contributed by atoms with Crippen LogP contribution < -0.4 is 0 Å². The van der Waals surface area contributed by atoms with Gasteiger partial charge in [-0.25, -0.2) is 4.79 Å². The second-order valence-corrected chi connectivity index (χ2v) is 5.20. The number of Topliss-reactive ketones (excluding diaryl/α,β-unsaturated/α-hetero) is 1. The molecule has 0 bridgehead atoms. The molecule has 0 unspecified atom stereocenters. The Hall–Kier alpha value is -2.63. The summed E-state index contributed by atoms with van der Waals surface area (Å²) in [6.07, 6.45) is 1.67. The van der Waals surface area contributed by atoms with Crippen LogP contribution in [0.3, 0.4) is 0 Å². The normalized spacial score (nSPS) is 13.9. The zero-order valence-corrected chi connectivity index (χ0v) is 12.1. The fourth-order valence-electron chi connectivity index (χ4n) is 2.36. The number of aromatic amines is 1. The molecule has 6 nitrogen and oxygen atoms in total. The van der Waals surface area contributed by atoms with Crippen molar-refractivity contribution in [2.24, 2.45) is 5.92 Å². The van der Waals surface area contributed by atoms with Crippen molar-refractivity contribution in [1.29, 1.82) is 0 Å². The molecule has 1 aliphatic carbocycles. The summed E-state index contributed by atoms with van der Waals surface area (Å²) in [6, 6.07) is 6.54.